The number of rotatable bonds is 9. The Bertz CT molecular complexity index is 693. The second kappa shape index (κ2) is 6.97. The SMILES string of the molecule is CCCCS(=O)(=O)Nc1ccc(S(=O)(=O)NCC2CC2)cc1. The summed E-state index contributed by atoms with van der Waals surface area (Å²) in [6, 6.07) is 5.75. The van der Waals surface area contributed by atoms with E-state index in [2.05, 4.69) is 9.44 Å². The van der Waals surface area contributed by atoms with E-state index in [0.29, 0.717) is 24.6 Å². The molecule has 1 aliphatic carbocycles. The maximum Gasteiger partial charge on any atom is 0.240 e. The third kappa shape index (κ3) is 5.26. The molecular weight excluding hydrogens is 324 g/mol. The molecule has 0 radical (unpaired) electrons. The van der Waals surface area contributed by atoms with Crippen molar-refractivity contribution in [2.24, 2.45) is 5.92 Å². The Labute approximate surface area is 132 Å². The average Bonchev–Trinajstić information content (AvgIpc) is 3.28. The standard InChI is InChI=1S/C14H22N2O4S2/c1-2-3-10-21(17,18)16-13-6-8-14(9-7-13)22(19,20)15-11-12-4-5-12/h6-9,12,15-16H,2-5,10-11H2,1H3. The fourth-order valence-electron chi connectivity index (χ4n) is 1.90. The zero-order valence-electron chi connectivity index (χ0n) is 12.6. The zero-order valence-corrected chi connectivity index (χ0v) is 14.2. The van der Waals surface area contributed by atoms with Crippen molar-refractivity contribution in [1.29, 1.82) is 0 Å². The molecule has 124 valence electrons. The molecule has 1 fully saturated rings. The van der Waals surface area contributed by atoms with E-state index in [0.717, 1.165) is 19.3 Å². The van der Waals surface area contributed by atoms with E-state index in [1.54, 1.807) is 0 Å². The second-order valence-electron chi connectivity index (χ2n) is 5.59. The van der Waals surface area contributed by atoms with Crippen LogP contribution in [-0.2, 0) is 20.0 Å². The van der Waals surface area contributed by atoms with E-state index >= 15 is 0 Å². The molecule has 0 bridgehead atoms. The molecule has 6 nitrogen and oxygen atoms in total. The summed E-state index contributed by atoms with van der Waals surface area (Å²) in [5.41, 5.74) is 0.372. The predicted octanol–water partition coefficient (Wildman–Crippen LogP) is 1.92. The van der Waals surface area contributed by atoms with Crippen molar-refractivity contribution in [3.8, 4) is 0 Å². The van der Waals surface area contributed by atoms with Gasteiger partial charge in [0.1, 0.15) is 0 Å². The van der Waals surface area contributed by atoms with Crippen molar-refractivity contribution in [3.63, 3.8) is 0 Å². The molecule has 0 aromatic heterocycles. The van der Waals surface area contributed by atoms with E-state index in [4.69, 9.17) is 0 Å². The van der Waals surface area contributed by atoms with Crippen molar-refractivity contribution in [1.82, 2.24) is 4.72 Å². The van der Waals surface area contributed by atoms with Gasteiger partial charge >= 0.3 is 0 Å². The van der Waals surface area contributed by atoms with Gasteiger partial charge in [-0.3, -0.25) is 4.72 Å². The molecule has 0 spiro atoms. The fraction of sp³-hybridized carbons (Fsp3) is 0.571. The molecule has 0 amide bonds. The molecule has 8 heteroatoms. The summed E-state index contributed by atoms with van der Waals surface area (Å²) in [7, 11) is -6.89. The quantitative estimate of drug-likeness (QED) is 0.714. The average molecular weight is 346 g/mol. The number of sulfonamides is 2. The van der Waals surface area contributed by atoms with Crippen LogP contribution in [0.5, 0.6) is 0 Å². The number of unbranched alkanes of at least 4 members (excludes halogenated alkanes) is 1. The Hall–Kier alpha value is -1.12. The van der Waals surface area contributed by atoms with Crippen LogP contribution >= 0.6 is 0 Å². The molecule has 1 aromatic rings. The minimum absolute atomic E-state index is 0.0620. The molecule has 22 heavy (non-hydrogen) atoms. The number of nitrogens with one attached hydrogen (secondary N) is 2. The minimum atomic E-state index is -3.52. The van der Waals surface area contributed by atoms with Crippen LogP contribution in [0.3, 0.4) is 0 Å². The monoisotopic (exact) mass is 346 g/mol. The first-order valence-electron chi connectivity index (χ1n) is 7.42. The number of anilines is 1. The fourth-order valence-corrected chi connectivity index (χ4v) is 4.28. The first-order valence-corrected chi connectivity index (χ1v) is 10.6. The smallest absolute Gasteiger partial charge is 0.240 e. The Morgan fingerprint density at radius 1 is 1.09 bits per heavy atom. The van der Waals surface area contributed by atoms with Gasteiger partial charge in [0.2, 0.25) is 20.0 Å². The lowest BCUT2D eigenvalue weighted by atomic mass is 10.3. The molecule has 1 aliphatic rings. The number of hydrogen-bond acceptors (Lipinski definition) is 4. The van der Waals surface area contributed by atoms with Crippen LogP contribution in [0, 0.1) is 5.92 Å². The van der Waals surface area contributed by atoms with Gasteiger partial charge in [0.25, 0.3) is 0 Å². The highest BCUT2D eigenvalue weighted by molar-refractivity contribution is 7.92. The molecule has 2 N–H and O–H groups in total. The highest BCUT2D eigenvalue weighted by atomic mass is 32.2. The van der Waals surface area contributed by atoms with Gasteiger partial charge in [-0.25, -0.2) is 21.6 Å². The van der Waals surface area contributed by atoms with Crippen LogP contribution in [0.15, 0.2) is 29.2 Å². The van der Waals surface area contributed by atoms with Gasteiger partial charge in [-0.15, -0.1) is 0 Å². The molecule has 0 atom stereocenters. The van der Waals surface area contributed by atoms with Crippen molar-refractivity contribution in [2.75, 3.05) is 17.0 Å². The largest absolute Gasteiger partial charge is 0.284 e. The Balaban J connectivity index is 2.00. The van der Waals surface area contributed by atoms with Crippen LogP contribution in [-0.4, -0.2) is 29.1 Å². The molecule has 0 saturated heterocycles. The third-order valence-corrected chi connectivity index (χ3v) is 6.28. The number of hydrogen-bond donors (Lipinski definition) is 2. The second-order valence-corrected chi connectivity index (χ2v) is 9.20. The predicted molar refractivity (Wildman–Crippen MR) is 86.7 cm³/mol. The Kier molecular flexibility index (Phi) is 5.46. The van der Waals surface area contributed by atoms with Crippen LogP contribution in [0.4, 0.5) is 5.69 Å². The summed E-state index contributed by atoms with van der Waals surface area (Å²) >= 11 is 0. The van der Waals surface area contributed by atoms with Gasteiger partial charge in [0.05, 0.1) is 10.6 Å². The maximum absolute atomic E-state index is 12.1. The van der Waals surface area contributed by atoms with Crippen molar-refractivity contribution < 1.29 is 16.8 Å². The first kappa shape index (κ1) is 17.2. The molecule has 0 aliphatic heterocycles. The van der Waals surface area contributed by atoms with Gasteiger partial charge in [-0.2, -0.15) is 0 Å². The minimum Gasteiger partial charge on any atom is -0.284 e. The lowest BCUT2D eigenvalue weighted by Crippen LogP contribution is -2.25. The summed E-state index contributed by atoms with van der Waals surface area (Å²) in [6.45, 7) is 2.39. The van der Waals surface area contributed by atoms with E-state index in [1.165, 1.54) is 24.3 Å². The van der Waals surface area contributed by atoms with Crippen LogP contribution in [0.2, 0.25) is 0 Å². The van der Waals surface area contributed by atoms with Gasteiger partial charge in [0, 0.05) is 12.2 Å². The zero-order chi connectivity index (χ0) is 16.2. The first-order chi connectivity index (χ1) is 10.3. The number of benzene rings is 1. The van der Waals surface area contributed by atoms with Gasteiger partial charge in [0.15, 0.2) is 0 Å². The van der Waals surface area contributed by atoms with Crippen LogP contribution in [0.1, 0.15) is 32.6 Å². The maximum atomic E-state index is 12.1. The highest BCUT2D eigenvalue weighted by Gasteiger charge is 2.24. The third-order valence-electron chi connectivity index (χ3n) is 3.46. The van der Waals surface area contributed by atoms with Crippen molar-refractivity contribution in [3.05, 3.63) is 24.3 Å². The lowest BCUT2D eigenvalue weighted by Gasteiger charge is -2.09. The van der Waals surface area contributed by atoms with E-state index < -0.39 is 20.0 Å². The van der Waals surface area contributed by atoms with Gasteiger partial charge in [-0.05, 0) is 49.4 Å². The Morgan fingerprint density at radius 2 is 1.73 bits per heavy atom. The van der Waals surface area contributed by atoms with Crippen molar-refractivity contribution >= 4 is 25.7 Å². The van der Waals surface area contributed by atoms with Crippen LogP contribution < -0.4 is 9.44 Å². The van der Waals surface area contributed by atoms with E-state index in [9.17, 15) is 16.8 Å². The summed E-state index contributed by atoms with van der Waals surface area (Å²) in [4.78, 5) is 0.143. The highest BCUT2D eigenvalue weighted by Crippen LogP contribution is 2.28. The van der Waals surface area contributed by atoms with Crippen LogP contribution in [0.25, 0.3) is 0 Å². The molecule has 2 rings (SSSR count). The van der Waals surface area contributed by atoms with Gasteiger partial charge < -0.3 is 0 Å². The lowest BCUT2D eigenvalue weighted by molar-refractivity contribution is 0.577. The van der Waals surface area contributed by atoms with E-state index in [1.807, 2.05) is 6.92 Å². The summed E-state index contributed by atoms with van der Waals surface area (Å²) in [6.07, 6.45) is 3.53. The van der Waals surface area contributed by atoms with Crippen molar-refractivity contribution in [2.45, 2.75) is 37.5 Å². The topological polar surface area (TPSA) is 92.3 Å². The molecule has 0 heterocycles. The molecular formula is C14H22N2O4S2. The summed E-state index contributed by atoms with van der Waals surface area (Å²) < 4.78 is 52.7. The normalized spacial score (nSPS) is 15.7. The molecule has 1 saturated carbocycles. The van der Waals surface area contributed by atoms with Gasteiger partial charge in [-0.1, -0.05) is 13.3 Å². The summed E-state index contributed by atoms with van der Waals surface area (Å²) in [5.74, 6) is 0.520. The van der Waals surface area contributed by atoms with E-state index in [-0.39, 0.29) is 10.6 Å². The Morgan fingerprint density at radius 3 is 2.27 bits per heavy atom. The summed E-state index contributed by atoms with van der Waals surface area (Å²) in [5, 5.41) is 0. The molecule has 1 aromatic carbocycles. The molecule has 0 unspecified atom stereocenters.